The second-order valence-corrected chi connectivity index (χ2v) is 7.88. The standard InChI is InChI=1S/C21H28N2OS/c1-25-14-6-13-23-12-5-7-17(16-23)15-22-21(24)20-11-4-9-18-8-2-3-10-19(18)20/h2-4,8-11,17H,5-7,12-16H2,1H3,(H,22,24). The molecule has 3 nitrogen and oxygen atoms in total. The number of likely N-dealkylation sites (tertiary alicyclic amines) is 1. The number of carbonyl (C=O) groups excluding carboxylic acids is 1. The van der Waals surface area contributed by atoms with Crippen LogP contribution in [0, 0.1) is 5.92 Å². The van der Waals surface area contributed by atoms with Gasteiger partial charge in [-0.15, -0.1) is 0 Å². The van der Waals surface area contributed by atoms with Gasteiger partial charge in [0.2, 0.25) is 0 Å². The highest BCUT2D eigenvalue weighted by atomic mass is 32.2. The van der Waals surface area contributed by atoms with Crippen LogP contribution in [0.3, 0.4) is 0 Å². The van der Waals surface area contributed by atoms with Gasteiger partial charge in [0.15, 0.2) is 0 Å². The number of piperidine rings is 1. The number of amides is 1. The third-order valence-corrected chi connectivity index (χ3v) is 5.71. The van der Waals surface area contributed by atoms with Crippen molar-refractivity contribution in [1.29, 1.82) is 0 Å². The normalized spacial score (nSPS) is 18.4. The highest BCUT2D eigenvalue weighted by Crippen LogP contribution is 2.19. The molecule has 0 saturated carbocycles. The van der Waals surface area contributed by atoms with Gasteiger partial charge >= 0.3 is 0 Å². The van der Waals surface area contributed by atoms with Crippen molar-refractivity contribution < 1.29 is 4.79 Å². The van der Waals surface area contributed by atoms with Gasteiger partial charge in [0.25, 0.3) is 5.91 Å². The van der Waals surface area contributed by atoms with Crippen LogP contribution in [0.15, 0.2) is 42.5 Å². The van der Waals surface area contributed by atoms with Crippen LogP contribution in [-0.2, 0) is 0 Å². The van der Waals surface area contributed by atoms with Gasteiger partial charge in [-0.3, -0.25) is 4.79 Å². The molecule has 0 spiro atoms. The van der Waals surface area contributed by atoms with E-state index in [1.807, 2.05) is 42.1 Å². The highest BCUT2D eigenvalue weighted by molar-refractivity contribution is 7.98. The lowest BCUT2D eigenvalue weighted by atomic mass is 9.97. The van der Waals surface area contributed by atoms with Crippen molar-refractivity contribution in [3.63, 3.8) is 0 Å². The van der Waals surface area contributed by atoms with Crippen LogP contribution in [0.25, 0.3) is 10.8 Å². The number of hydrogen-bond acceptors (Lipinski definition) is 3. The minimum atomic E-state index is 0.0521. The first-order valence-electron chi connectivity index (χ1n) is 9.25. The molecule has 1 unspecified atom stereocenters. The zero-order chi connectivity index (χ0) is 17.5. The Morgan fingerprint density at radius 3 is 2.96 bits per heavy atom. The van der Waals surface area contributed by atoms with E-state index >= 15 is 0 Å². The van der Waals surface area contributed by atoms with Crippen LogP contribution in [0.4, 0.5) is 0 Å². The van der Waals surface area contributed by atoms with Gasteiger partial charge in [0.05, 0.1) is 0 Å². The van der Waals surface area contributed by atoms with E-state index < -0.39 is 0 Å². The van der Waals surface area contributed by atoms with E-state index in [1.165, 1.54) is 38.1 Å². The van der Waals surface area contributed by atoms with Crippen LogP contribution in [-0.4, -0.2) is 49.0 Å². The first-order chi connectivity index (χ1) is 12.3. The van der Waals surface area contributed by atoms with Gasteiger partial charge in [-0.25, -0.2) is 0 Å². The topological polar surface area (TPSA) is 32.3 Å². The van der Waals surface area contributed by atoms with E-state index in [4.69, 9.17) is 0 Å². The summed E-state index contributed by atoms with van der Waals surface area (Å²) in [6, 6.07) is 14.0. The largest absolute Gasteiger partial charge is 0.352 e. The van der Waals surface area contributed by atoms with Crippen molar-refractivity contribution in [3.8, 4) is 0 Å². The number of nitrogens with one attached hydrogen (secondary N) is 1. The van der Waals surface area contributed by atoms with Crippen LogP contribution in [0.2, 0.25) is 0 Å². The Morgan fingerprint density at radius 1 is 1.24 bits per heavy atom. The van der Waals surface area contributed by atoms with Gasteiger partial charge in [0, 0.05) is 18.7 Å². The summed E-state index contributed by atoms with van der Waals surface area (Å²) >= 11 is 1.92. The fourth-order valence-corrected chi connectivity index (χ4v) is 4.13. The Labute approximate surface area is 155 Å². The van der Waals surface area contributed by atoms with E-state index in [0.717, 1.165) is 29.4 Å². The number of fused-ring (bicyclic) bond motifs is 1. The minimum Gasteiger partial charge on any atom is -0.352 e. The molecule has 0 aromatic heterocycles. The van der Waals surface area contributed by atoms with Crippen molar-refractivity contribution in [2.24, 2.45) is 5.92 Å². The molecule has 2 aromatic rings. The molecule has 1 aliphatic heterocycles. The van der Waals surface area contributed by atoms with Crippen LogP contribution in [0.1, 0.15) is 29.6 Å². The van der Waals surface area contributed by atoms with Crippen molar-refractivity contribution in [2.45, 2.75) is 19.3 Å². The first-order valence-corrected chi connectivity index (χ1v) is 10.6. The Morgan fingerprint density at radius 2 is 2.08 bits per heavy atom. The molecule has 25 heavy (non-hydrogen) atoms. The first kappa shape index (κ1) is 18.3. The lowest BCUT2D eigenvalue weighted by Crippen LogP contribution is -2.41. The highest BCUT2D eigenvalue weighted by Gasteiger charge is 2.20. The van der Waals surface area contributed by atoms with Crippen molar-refractivity contribution in [1.82, 2.24) is 10.2 Å². The molecule has 3 rings (SSSR count). The quantitative estimate of drug-likeness (QED) is 0.760. The Bertz CT molecular complexity index is 698. The predicted octanol–water partition coefficient (Wildman–Crippen LogP) is 4.03. The number of thioether (sulfide) groups is 1. The zero-order valence-electron chi connectivity index (χ0n) is 15.0. The summed E-state index contributed by atoms with van der Waals surface area (Å²) in [6.07, 6.45) is 5.89. The summed E-state index contributed by atoms with van der Waals surface area (Å²) in [5.41, 5.74) is 0.783. The summed E-state index contributed by atoms with van der Waals surface area (Å²) in [6.45, 7) is 4.29. The van der Waals surface area contributed by atoms with Gasteiger partial charge in [0.1, 0.15) is 0 Å². The molecular formula is C21H28N2OS. The molecule has 1 saturated heterocycles. The summed E-state index contributed by atoms with van der Waals surface area (Å²) in [4.78, 5) is 15.2. The molecule has 134 valence electrons. The fourth-order valence-electron chi connectivity index (χ4n) is 3.71. The number of benzene rings is 2. The second-order valence-electron chi connectivity index (χ2n) is 6.89. The van der Waals surface area contributed by atoms with Gasteiger partial charge in [-0.05, 0) is 67.1 Å². The van der Waals surface area contributed by atoms with E-state index in [0.29, 0.717) is 5.92 Å². The third-order valence-electron chi connectivity index (χ3n) is 5.01. The Hall–Kier alpha value is -1.52. The average Bonchev–Trinajstić information content (AvgIpc) is 2.66. The van der Waals surface area contributed by atoms with Crippen LogP contribution in [0.5, 0.6) is 0 Å². The predicted molar refractivity (Wildman–Crippen MR) is 108 cm³/mol. The fraction of sp³-hybridized carbons (Fsp3) is 0.476. The maximum Gasteiger partial charge on any atom is 0.251 e. The lowest BCUT2D eigenvalue weighted by molar-refractivity contribution is 0.0934. The molecule has 1 heterocycles. The van der Waals surface area contributed by atoms with Gasteiger partial charge in [-0.2, -0.15) is 11.8 Å². The molecular weight excluding hydrogens is 328 g/mol. The number of hydrogen-bond donors (Lipinski definition) is 1. The van der Waals surface area contributed by atoms with Crippen molar-refractivity contribution in [3.05, 3.63) is 48.0 Å². The molecule has 1 aliphatic rings. The van der Waals surface area contributed by atoms with Crippen LogP contribution >= 0.6 is 11.8 Å². The smallest absolute Gasteiger partial charge is 0.251 e. The molecule has 4 heteroatoms. The average molecular weight is 357 g/mol. The van der Waals surface area contributed by atoms with E-state index in [-0.39, 0.29) is 5.91 Å². The maximum absolute atomic E-state index is 12.7. The molecule has 0 aliphatic carbocycles. The Kier molecular flexibility index (Phi) is 6.76. The lowest BCUT2D eigenvalue weighted by Gasteiger charge is -2.32. The maximum atomic E-state index is 12.7. The van der Waals surface area contributed by atoms with E-state index in [9.17, 15) is 4.79 Å². The molecule has 0 radical (unpaired) electrons. The van der Waals surface area contributed by atoms with E-state index in [2.05, 4.69) is 28.6 Å². The monoisotopic (exact) mass is 356 g/mol. The van der Waals surface area contributed by atoms with Gasteiger partial charge in [-0.1, -0.05) is 36.4 Å². The summed E-state index contributed by atoms with van der Waals surface area (Å²) < 4.78 is 0. The van der Waals surface area contributed by atoms with Gasteiger partial charge < -0.3 is 10.2 Å². The summed E-state index contributed by atoms with van der Waals surface area (Å²) in [5, 5.41) is 5.33. The van der Waals surface area contributed by atoms with Crippen molar-refractivity contribution >= 4 is 28.4 Å². The molecule has 1 fully saturated rings. The number of carbonyl (C=O) groups is 1. The minimum absolute atomic E-state index is 0.0521. The van der Waals surface area contributed by atoms with Crippen molar-refractivity contribution in [2.75, 3.05) is 38.2 Å². The number of rotatable bonds is 7. The SMILES string of the molecule is CSCCCN1CCCC(CNC(=O)c2cccc3ccccc23)C1. The van der Waals surface area contributed by atoms with E-state index in [1.54, 1.807) is 0 Å². The third kappa shape index (κ3) is 4.99. The number of nitrogens with zero attached hydrogens (tertiary/aromatic N) is 1. The van der Waals surface area contributed by atoms with Crippen LogP contribution < -0.4 is 5.32 Å². The molecule has 2 aromatic carbocycles. The summed E-state index contributed by atoms with van der Waals surface area (Å²) in [5.74, 6) is 1.86. The molecule has 1 atom stereocenters. The summed E-state index contributed by atoms with van der Waals surface area (Å²) in [7, 11) is 0. The molecule has 1 N–H and O–H groups in total. The zero-order valence-corrected chi connectivity index (χ0v) is 15.9. The Balaban J connectivity index is 1.55. The second kappa shape index (κ2) is 9.25. The molecule has 1 amide bonds. The molecule has 0 bridgehead atoms.